The van der Waals surface area contributed by atoms with E-state index in [1.54, 1.807) is 30.3 Å². The Morgan fingerprint density at radius 1 is 1.03 bits per heavy atom. The zero-order chi connectivity index (χ0) is 22.1. The molecule has 0 aromatic heterocycles. The number of para-hydroxylation sites is 1. The van der Waals surface area contributed by atoms with Crippen molar-refractivity contribution in [1.29, 1.82) is 0 Å². The van der Waals surface area contributed by atoms with E-state index in [0.29, 0.717) is 11.3 Å². The average Bonchev–Trinajstić information content (AvgIpc) is 2.72. The zero-order valence-electron chi connectivity index (χ0n) is 16.9. The van der Waals surface area contributed by atoms with Crippen molar-refractivity contribution in [2.45, 2.75) is 32.4 Å². The molecule has 0 saturated carbocycles. The van der Waals surface area contributed by atoms with Crippen molar-refractivity contribution in [2.24, 2.45) is 0 Å². The van der Waals surface area contributed by atoms with Crippen LogP contribution in [-0.4, -0.2) is 30.9 Å². The van der Waals surface area contributed by atoms with Gasteiger partial charge < -0.3 is 14.8 Å². The smallest absolute Gasteiger partial charge is 0.279 e. The van der Waals surface area contributed by atoms with E-state index in [1.807, 2.05) is 0 Å². The molecule has 0 radical (unpaired) electrons. The molecule has 8 nitrogen and oxygen atoms in total. The molecule has 0 saturated heterocycles. The molecule has 3 N–H and O–H groups in total. The highest BCUT2D eigenvalue weighted by atomic mass is 19.1. The van der Waals surface area contributed by atoms with Gasteiger partial charge in [-0.1, -0.05) is 24.3 Å². The van der Waals surface area contributed by atoms with Crippen molar-refractivity contribution < 1.29 is 28.2 Å². The number of ether oxygens (including phenoxy) is 2. The zero-order valence-corrected chi connectivity index (χ0v) is 16.9. The van der Waals surface area contributed by atoms with Crippen LogP contribution in [0.3, 0.4) is 0 Å². The summed E-state index contributed by atoms with van der Waals surface area (Å²) in [5.41, 5.74) is 5.20. The van der Waals surface area contributed by atoms with Gasteiger partial charge in [0.25, 0.3) is 5.91 Å². The number of carbonyl (C=O) groups is 3. The van der Waals surface area contributed by atoms with E-state index in [9.17, 15) is 18.8 Å². The summed E-state index contributed by atoms with van der Waals surface area (Å²) in [6, 6.07) is 12.0. The number of methoxy groups -OCH3 is 1. The third-order valence-electron chi connectivity index (χ3n) is 4.12. The number of hydrazine groups is 1. The summed E-state index contributed by atoms with van der Waals surface area (Å²) in [4.78, 5) is 35.9. The van der Waals surface area contributed by atoms with Crippen LogP contribution in [0.2, 0.25) is 0 Å². The molecule has 2 aromatic carbocycles. The first kappa shape index (κ1) is 22.7. The molecule has 160 valence electrons. The molecular formula is C21H24FN3O5. The van der Waals surface area contributed by atoms with Gasteiger partial charge in [0.2, 0.25) is 11.8 Å². The molecule has 0 aliphatic heterocycles. The van der Waals surface area contributed by atoms with Crippen molar-refractivity contribution in [3.63, 3.8) is 0 Å². The molecule has 2 unspecified atom stereocenters. The fourth-order valence-electron chi connectivity index (χ4n) is 2.59. The van der Waals surface area contributed by atoms with E-state index in [1.165, 1.54) is 39.2 Å². The van der Waals surface area contributed by atoms with Gasteiger partial charge in [0.15, 0.2) is 17.7 Å². The molecule has 0 bridgehead atoms. The summed E-state index contributed by atoms with van der Waals surface area (Å²) in [5.74, 6) is -1.53. The van der Waals surface area contributed by atoms with Crippen LogP contribution in [0.4, 0.5) is 4.39 Å². The quantitative estimate of drug-likeness (QED) is 0.570. The Morgan fingerprint density at radius 2 is 1.70 bits per heavy atom. The highest BCUT2D eigenvalue weighted by Gasteiger charge is 2.20. The molecule has 9 heteroatoms. The van der Waals surface area contributed by atoms with Gasteiger partial charge in [-0.25, -0.2) is 4.39 Å². The van der Waals surface area contributed by atoms with Gasteiger partial charge in [-0.05, 0) is 36.8 Å². The Bertz CT molecular complexity index is 888. The lowest BCUT2D eigenvalue weighted by molar-refractivity contribution is -0.133. The van der Waals surface area contributed by atoms with Crippen LogP contribution >= 0.6 is 0 Å². The molecule has 2 aromatic rings. The summed E-state index contributed by atoms with van der Waals surface area (Å²) in [5, 5.41) is 2.69. The fraction of sp³-hybridized carbons (Fsp3) is 0.286. The van der Waals surface area contributed by atoms with E-state index in [2.05, 4.69) is 16.2 Å². The van der Waals surface area contributed by atoms with Gasteiger partial charge in [0.05, 0.1) is 19.6 Å². The van der Waals surface area contributed by atoms with Crippen LogP contribution in [0.1, 0.15) is 31.9 Å². The van der Waals surface area contributed by atoms with Crippen LogP contribution in [-0.2, 0) is 14.4 Å². The van der Waals surface area contributed by atoms with E-state index >= 15 is 0 Å². The minimum Gasteiger partial charge on any atom is -0.497 e. The Balaban J connectivity index is 1.91. The van der Waals surface area contributed by atoms with Crippen LogP contribution in [0, 0.1) is 5.82 Å². The molecule has 0 aliphatic rings. The lowest BCUT2D eigenvalue weighted by Gasteiger charge is -2.19. The third-order valence-corrected chi connectivity index (χ3v) is 4.12. The van der Waals surface area contributed by atoms with Crippen molar-refractivity contribution in [1.82, 2.24) is 16.2 Å². The Kier molecular flexibility index (Phi) is 8.16. The van der Waals surface area contributed by atoms with Crippen LogP contribution in [0.5, 0.6) is 11.5 Å². The molecule has 2 atom stereocenters. The Labute approximate surface area is 173 Å². The number of amides is 3. The molecule has 2 rings (SSSR count). The third kappa shape index (κ3) is 6.77. The van der Waals surface area contributed by atoms with E-state index in [-0.39, 0.29) is 18.1 Å². The van der Waals surface area contributed by atoms with E-state index in [4.69, 9.17) is 9.47 Å². The van der Waals surface area contributed by atoms with E-state index in [0.717, 1.165) is 0 Å². The first-order valence-corrected chi connectivity index (χ1v) is 9.21. The molecule has 3 amide bonds. The fourth-order valence-corrected chi connectivity index (χ4v) is 2.59. The van der Waals surface area contributed by atoms with Crippen molar-refractivity contribution in [3.8, 4) is 11.5 Å². The first-order chi connectivity index (χ1) is 14.3. The Hall–Kier alpha value is -3.62. The lowest BCUT2D eigenvalue weighted by atomic mass is 10.0. The molecule has 30 heavy (non-hydrogen) atoms. The van der Waals surface area contributed by atoms with Crippen molar-refractivity contribution >= 4 is 17.7 Å². The normalized spacial score (nSPS) is 12.3. The SMILES string of the molecule is COc1ccc(C(CC(=O)NNC(=O)C(C)Oc2ccccc2F)NC(C)=O)cc1. The number of hydrogen-bond acceptors (Lipinski definition) is 5. The summed E-state index contributed by atoms with van der Waals surface area (Å²) >= 11 is 0. The number of carbonyl (C=O) groups excluding carboxylic acids is 3. The minimum absolute atomic E-state index is 0.0725. The standard InChI is InChI=1S/C21H24FN3O5/c1-13(30-19-7-5-4-6-17(19)22)21(28)25-24-20(27)12-18(23-14(2)26)15-8-10-16(29-3)11-9-15/h4-11,13,18H,12H2,1-3H3,(H,23,26)(H,24,27)(H,25,28). The average molecular weight is 417 g/mol. The summed E-state index contributed by atoms with van der Waals surface area (Å²) in [6.45, 7) is 2.77. The second-order valence-electron chi connectivity index (χ2n) is 6.46. The van der Waals surface area contributed by atoms with Gasteiger partial charge in [0.1, 0.15) is 5.75 Å². The highest BCUT2D eigenvalue weighted by molar-refractivity contribution is 5.85. The van der Waals surface area contributed by atoms with Gasteiger partial charge >= 0.3 is 0 Å². The maximum Gasteiger partial charge on any atom is 0.279 e. The Morgan fingerprint density at radius 3 is 2.30 bits per heavy atom. The van der Waals surface area contributed by atoms with Gasteiger partial charge in [-0.3, -0.25) is 25.2 Å². The van der Waals surface area contributed by atoms with Gasteiger partial charge in [-0.2, -0.15) is 0 Å². The number of benzene rings is 2. The van der Waals surface area contributed by atoms with Crippen LogP contribution in [0.25, 0.3) is 0 Å². The van der Waals surface area contributed by atoms with Crippen molar-refractivity contribution in [2.75, 3.05) is 7.11 Å². The largest absolute Gasteiger partial charge is 0.497 e. The highest BCUT2D eigenvalue weighted by Crippen LogP contribution is 2.20. The summed E-state index contributed by atoms with van der Waals surface area (Å²) in [6.07, 6.45) is -1.16. The number of hydrogen-bond donors (Lipinski definition) is 3. The lowest BCUT2D eigenvalue weighted by Crippen LogP contribution is -2.48. The molecule has 0 spiro atoms. The number of rotatable bonds is 8. The summed E-state index contributed by atoms with van der Waals surface area (Å²) in [7, 11) is 1.54. The van der Waals surface area contributed by atoms with Crippen LogP contribution in [0.15, 0.2) is 48.5 Å². The second-order valence-corrected chi connectivity index (χ2v) is 6.46. The van der Waals surface area contributed by atoms with E-state index < -0.39 is 29.8 Å². The van der Waals surface area contributed by atoms with Crippen LogP contribution < -0.4 is 25.6 Å². The predicted molar refractivity (Wildman–Crippen MR) is 107 cm³/mol. The monoisotopic (exact) mass is 417 g/mol. The minimum atomic E-state index is -1.05. The maximum atomic E-state index is 13.6. The summed E-state index contributed by atoms with van der Waals surface area (Å²) < 4.78 is 24.0. The molecule has 0 fully saturated rings. The maximum absolute atomic E-state index is 13.6. The molecule has 0 aliphatic carbocycles. The number of halogens is 1. The van der Waals surface area contributed by atoms with Gasteiger partial charge in [0, 0.05) is 6.92 Å². The topological polar surface area (TPSA) is 106 Å². The second kappa shape index (κ2) is 10.8. The number of nitrogens with one attached hydrogen (secondary N) is 3. The molecule has 0 heterocycles. The predicted octanol–water partition coefficient (Wildman–Crippen LogP) is 2.02. The first-order valence-electron chi connectivity index (χ1n) is 9.21. The molecular weight excluding hydrogens is 393 g/mol. The van der Waals surface area contributed by atoms with Crippen molar-refractivity contribution in [3.05, 3.63) is 59.9 Å². The van der Waals surface area contributed by atoms with Gasteiger partial charge in [-0.15, -0.1) is 0 Å².